The predicted octanol–water partition coefficient (Wildman–Crippen LogP) is 15.1. The Morgan fingerprint density at radius 1 is 0.354 bits per heavy atom. The second kappa shape index (κ2) is 51.1. The molecule has 18 rings (SSSR count). The first kappa shape index (κ1) is 102. The molecule has 0 aliphatic carbocycles. The Labute approximate surface area is 847 Å². The van der Waals surface area contributed by atoms with Crippen LogP contribution in [0.5, 0.6) is 0 Å². The fourth-order valence-electron chi connectivity index (χ4n) is 16.2. The van der Waals surface area contributed by atoms with Crippen molar-refractivity contribution in [3.05, 3.63) is 397 Å². The SMILES string of the molecule is Cc1ccc(C(=O)N[C@@H](Cc2ccccc2)C(=O)CCCc2cc(Cl)ccc2-n2cnnn2)cn1.Cc1cccc(C(=O)N[C@@H](Cc2ccccc2)C(=O)CCCc2cc(Cl)ccc2-n2cnnn2)n1.O=C(N[C@@H](Cc1ccccc1)C(=O)CCCc1cc(Cl)ccc1-n1cnnn1)c1cn2cccnc2n1.O=C(N[C@@H](Cc1ccccc1)C(=O)CCCc1cc(Cl)ccc1-n1cnnn1)c1cnc2c(c1)N=CC2. The molecule has 0 spiro atoms. The first-order chi connectivity index (χ1) is 70.1. The van der Waals surface area contributed by atoms with Gasteiger partial charge in [0.15, 0.2) is 23.1 Å². The molecular formula is C105H97Cl4N27O8. The van der Waals surface area contributed by atoms with Gasteiger partial charge >= 0.3 is 0 Å². The number of benzene rings is 8. The summed E-state index contributed by atoms with van der Waals surface area (Å²) >= 11 is 24.9. The van der Waals surface area contributed by atoms with Crippen molar-refractivity contribution in [3.63, 3.8) is 0 Å². The lowest BCUT2D eigenvalue weighted by atomic mass is 9.97. The molecule has 0 fully saturated rings. The Hall–Kier alpha value is -16.5. The van der Waals surface area contributed by atoms with Crippen molar-refractivity contribution in [2.24, 2.45) is 4.99 Å². The Bertz CT molecular complexity index is 7210. The van der Waals surface area contributed by atoms with Crippen LogP contribution in [-0.4, -0.2) is 187 Å². The number of tetrazole rings is 4. The van der Waals surface area contributed by atoms with E-state index >= 15 is 0 Å². The van der Waals surface area contributed by atoms with Gasteiger partial charge in [-0.1, -0.05) is 174 Å². The van der Waals surface area contributed by atoms with Crippen molar-refractivity contribution in [2.45, 2.75) is 147 Å². The van der Waals surface area contributed by atoms with Crippen molar-refractivity contribution < 1.29 is 38.4 Å². The fourth-order valence-corrected chi connectivity index (χ4v) is 16.9. The lowest BCUT2D eigenvalue weighted by molar-refractivity contribution is -0.121. The zero-order chi connectivity index (χ0) is 100. The molecule has 0 saturated heterocycles. The summed E-state index contributed by atoms with van der Waals surface area (Å²) in [6.07, 6.45) is 24.0. The van der Waals surface area contributed by atoms with E-state index in [2.05, 4.69) is 113 Å². The molecule has 1 aliphatic heterocycles. The number of aryl methyl sites for hydroxylation is 6. The molecule has 17 aromatic rings. The third-order valence-electron chi connectivity index (χ3n) is 23.4. The van der Waals surface area contributed by atoms with Crippen molar-refractivity contribution in [3.8, 4) is 22.7 Å². The molecule has 4 amide bonds. The Kier molecular flexibility index (Phi) is 36.1. The van der Waals surface area contributed by atoms with Crippen molar-refractivity contribution in [2.75, 3.05) is 0 Å². The second-order valence-electron chi connectivity index (χ2n) is 33.8. The average Bonchev–Trinajstić information content (AvgIpc) is 1.66. The van der Waals surface area contributed by atoms with Crippen LogP contribution in [-0.2, 0) is 77.0 Å². The topological polar surface area (TPSA) is 440 Å². The normalized spacial score (nSPS) is 12.0. The number of pyridine rings is 3. The zero-order valence-corrected chi connectivity index (χ0v) is 81.2. The smallest absolute Gasteiger partial charge is 0.272 e. The van der Waals surface area contributed by atoms with E-state index < -0.39 is 30.1 Å². The van der Waals surface area contributed by atoms with E-state index in [1.165, 1.54) is 37.7 Å². The van der Waals surface area contributed by atoms with E-state index in [9.17, 15) is 38.4 Å². The molecule has 4 atom stereocenters. The van der Waals surface area contributed by atoms with Gasteiger partial charge in [-0.3, -0.25) is 57.7 Å². The summed E-state index contributed by atoms with van der Waals surface area (Å²) in [7, 11) is 0. The summed E-state index contributed by atoms with van der Waals surface area (Å²) in [6.45, 7) is 3.68. The monoisotopic (exact) mass is 2000 g/mol. The van der Waals surface area contributed by atoms with Gasteiger partial charge in [-0.25, -0.2) is 33.7 Å². The summed E-state index contributed by atoms with van der Waals surface area (Å²) in [5, 5.41) is 59.4. The highest BCUT2D eigenvalue weighted by atomic mass is 35.5. The Morgan fingerprint density at radius 3 is 1.08 bits per heavy atom. The number of rotatable bonds is 40. The molecule has 8 aromatic carbocycles. The molecule has 0 bridgehead atoms. The molecule has 144 heavy (non-hydrogen) atoms. The fraction of sp³-hybridized carbons (Fsp3) is 0.219. The summed E-state index contributed by atoms with van der Waals surface area (Å²) < 4.78 is 7.94. The third-order valence-corrected chi connectivity index (χ3v) is 24.4. The van der Waals surface area contributed by atoms with E-state index in [-0.39, 0.29) is 59.4 Å². The maximum atomic E-state index is 13.4. The van der Waals surface area contributed by atoms with Crippen LogP contribution in [0.3, 0.4) is 0 Å². The van der Waals surface area contributed by atoms with Gasteiger partial charge in [0, 0.05) is 101 Å². The lowest BCUT2D eigenvalue weighted by Gasteiger charge is -2.18. The lowest BCUT2D eigenvalue weighted by Crippen LogP contribution is -2.42. The number of imidazole rings is 1. The van der Waals surface area contributed by atoms with Crippen LogP contribution < -0.4 is 21.3 Å². The maximum Gasteiger partial charge on any atom is 0.272 e. The number of fused-ring (bicyclic) bond motifs is 2. The van der Waals surface area contributed by atoms with E-state index in [0.717, 1.165) is 84.3 Å². The van der Waals surface area contributed by atoms with Gasteiger partial charge in [-0.2, -0.15) is 0 Å². The highest BCUT2D eigenvalue weighted by Gasteiger charge is 2.29. The van der Waals surface area contributed by atoms with Crippen LogP contribution in [0.4, 0.5) is 5.69 Å². The number of halogens is 4. The number of carbonyl (C=O) groups is 8. The molecule has 0 radical (unpaired) electrons. The number of nitrogens with zero attached hydrogens (tertiary/aromatic N) is 23. The molecular weight excluding hydrogens is 1910 g/mol. The van der Waals surface area contributed by atoms with Crippen LogP contribution in [0, 0.1) is 13.8 Å². The van der Waals surface area contributed by atoms with Gasteiger partial charge in [0.2, 0.25) is 5.78 Å². The van der Waals surface area contributed by atoms with Gasteiger partial charge in [-0.15, -0.1) is 20.4 Å². The molecule has 0 unspecified atom stereocenters. The van der Waals surface area contributed by atoms with Gasteiger partial charge in [0.25, 0.3) is 23.6 Å². The van der Waals surface area contributed by atoms with Crippen LogP contribution in [0.2, 0.25) is 20.1 Å². The van der Waals surface area contributed by atoms with Crippen LogP contribution in [0.1, 0.15) is 155 Å². The summed E-state index contributed by atoms with van der Waals surface area (Å²) in [5.41, 5.74) is 15.2. The quantitative estimate of drug-likeness (QED) is 0.0277. The van der Waals surface area contributed by atoms with Gasteiger partial charge in [-0.05, 0) is 286 Å². The average molecular weight is 2010 g/mol. The van der Waals surface area contributed by atoms with Gasteiger partial charge < -0.3 is 21.3 Å². The molecule has 10 heterocycles. The molecule has 4 N–H and O–H groups in total. The van der Waals surface area contributed by atoms with Gasteiger partial charge in [0.1, 0.15) is 36.7 Å². The number of ketones is 4. The Morgan fingerprint density at radius 2 is 0.722 bits per heavy atom. The van der Waals surface area contributed by atoms with Crippen molar-refractivity contribution in [1.29, 1.82) is 0 Å². The highest BCUT2D eigenvalue weighted by molar-refractivity contribution is 6.31. The number of nitrogens with one attached hydrogen (secondary N) is 4. The summed E-state index contributed by atoms with van der Waals surface area (Å²) in [5.74, 6) is -1.22. The standard InChI is InChI=1S/C27H24ClN7O2.C26H23ClN8O2.2C26H25ClN6O2/c28-21-9-10-25(35-17-31-33-34-35)19(14-21)7-4-8-26(36)24(13-18-5-2-1-3-6-18)32-27(37)20-15-23-22(30-16-20)11-12-29-23;27-20-10-11-23(35-17-29-32-33-35)19(15-20)8-4-9-24(36)21(14-18-6-2-1-3-7-18)30-25(37)22-16-34-13-5-12-28-26(34)31-22;1-18-7-5-11-22(29-18)26(35)30-23(15-19-8-3-2-4-9-19)25(34)12-6-10-20-16-21(27)13-14-24(20)33-17-28-31-32-33;1-18-10-11-21(16-28-18)26(35)30-23(14-19-6-3-2-4-7-19)25(34)9-5-8-20-15-22(27)12-13-24(20)33-17-29-31-32-33/h1-3,5-6,9-10,12,14-17,24H,4,7-8,11,13H2,(H,32,37);1-3,5-7,10-13,15-17,21H,4,8-9,14H2,(H,30,37);2-5,7-9,11,13-14,16-17,23H,6,10,12,15H2,1H3,(H,30,35);2-4,6-7,10-13,15-17,23H,5,8-9,14H2,1H3,(H,30,35)/t24-;21-;2*23-/m0000/s1. The van der Waals surface area contributed by atoms with E-state index in [0.29, 0.717) is 145 Å². The summed E-state index contributed by atoms with van der Waals surface area (Å²) in [4.78, 5) is 130. The van der Waals surface area contributed by atoms with Crippen LogP contribution in [0.25, 0.3) is 28.5 Å². The predicted molar refractivity (Wildman–Crippen MR) is 541 cm³/mol. The first-order valence-electron chi connectivity index (χ1n) is 46.4. The molecule has 39 heteroatoms. The molecule has 0 saturated carbocycles. The van der Waals surface area contributed by atoms with Crippen LogP contribution >= 0.6 is 46.4 Å². The van der Waals surface area contributed by atoms with E-state index in [4.69, 9.17) is 46.4 Å². The number of aromatic nitrogens is 22. The third kappa shape index (κ3) is 29.3. The molecule has 1 aliphatic rings. The molecule has 35 nitrogen and oxygen atoms in total. The Balaban J connectivity index is 0.000000145. The molecule has 728 valence electrons. The largest absolute Gasteiger partial charge is 0.342 e. The number of Topliss-reactive ketones (excluding diaryl/α,β-unsaturated/α-hetero) is 4. The second-order valence-corrected chi connectivity index (χ2v) is 35.5. The number of hydrogen-bond donors (Lipinski definition) is 4. The van der Waals surface area contributed by atoms with Crippen molar-refractivity contribution >= 4 is 111 Å². The summed E-state index contributed by atoms with van der Waals surface area (Å²) in [6, 6.07) is 70.0. The molecule has 9 aromatic heterocycles. The van der Waals surface area contributed by atoms with Crippen molar-refractivity contribution in [1.82, 2.24) is 131 Å². The first-order valence-corrected chi connectivity index (χ1v) is 47.9. The minimum absolute atomic E-state index is 0.0340. The van der Waals surface area contributed by atoms with Gasteiger partial charge in [0.05, 0.1) is 69.4 Å². The number of carbonyl (C=O) groups excluding carboxylic acids is 8. The minimum Gasteiger partial charge on any atom is -0.342 e. The van der Waals surface area contributed by atoms with E-state index in [1.54, 1.807) is 109 Å². The number of aliphatic imine (C=N–C) groups is 1. The van der Waals surface area contributed by atoms with Crippen LogP contribution in [0.15, 0.2) is 298 Å². The minimum atomic E-state index is -0.703. The maximum absolute atomic E-state index is 13.4. The number of hydrogen-bond acceptors (Lipinski definition) is 26. The number of amides is 4. The highest BCUT2D eigenvalue weighted by Crippen LogP contribution is 2.29. The zero-order valence-electron chi connectivity index (χ0n) is 78.2. The van der Waals surface area contributed by atoms with E-state index in [1.807, 2.05) is 190 Å².